The van der Waals surface area contributed by atoms with Crippen LogP contribution in [0.4, 0.5) is 4.39 Å². The Labute approximate surface area is 101 Å². The lowest BCUT2D eigenvalue weighted by molar-refractivity contribution is 0.0942. The molecule has 0 spiro atoms. The summed E-state index contributed by atoms with van der Waals surface area (Å²) in [6.45, 7) is 3.04. The monoisotopic (exact) mass is 240 g/mol. The summed E-state index contributed by atoms with van der Waals surface area (Å²) in [5, 5.41) is 0. The van der Waals surface area contributed by atoms with E-state index in [2.05, 4.69) is 0 Å². The minimum atomic E-state index is -0.587. The number of hydrogen-bond donors (Lipinski definition) is 0. The van der Waals surface area contributed by atoms with E-state index in [0.717, 1.165) is 0 Å². The van der Waals surface area contributed by atoms with Crippen LogP contribution in [0.1, 0.15) is 30.1 Å². The van der Waals surface area contributed by atoms with E-state index >= 15 is 0 Å². The SMILES string of the molecule is CCOCCCC(=O)c1cccc(OC)c1F. The highest BCUT2D eigenvalue weighted by molar-refractivity contribution is 5.96. The largest absolute Gasteiger partial charge is 0.494 e. The third-order valence-electron chi connectivity index (χ3n) is 2.38. The Morgan fingerprint density at radius 3 is 2.82 bits per heavy atom. The van der Waals surface area contributed by atoms with Gasteiger partial charge in [-0.25, -0.2) is 4.39 Å². The number of hydrogen-bond acceptors (Lipinski definition) is 3. The number of halogens is 1. The Bertz CT molecular complexity index is 377. The Balaban J connectivity index is 2.62. The van der Waals surface area contributed by atoms with Crippen molar-refractivity contribution in [2.24, 2.45) is 0 Å². The van der Waals surface area contributed by atoms with Crippen LogP contribution in [0.25, 0.3) is 0 Å². The third-order valence-corrected chi connectivity index (χ3v) is 2.38. The predicted octanol–water partition coefficient (Wildman–Crippen LogP) is 2.83. The fourth-order valence-electron chi connectivity index (χ4n) is 1.50. The van der Waals surface area contributed by atoms with Crippen molar-refractivity contribution in [1.29, 1.82) is 0 Å². The predicted molar refractivity (Wildman–Crippen MR) is 63.0 cm³/mol. The molecule has 0 atom stereocenters. The van der Waals surface area contributed by atoms with Crippen molar-refractivity contribution in [2.75, 3.05) is 20.3 Å². The van der Waals surface area contributed by atoms with Gasteiger partial charge < -0.3 is 9.47 Å². The van der Waals surface area contributed by atoms with E-state index in [1.165, 1.54) is 19.2 Å². The summed E-state index contributed by atoms with van der Waals surface area (Å²) in [4.78, 5) is 11.7. The van der Waals surface area contributed by atoms with Crippen molar-refractivity contribution in [1.82, 2.24) is 0 Å². The van der Waals surface area contributed by atoms with Crippen LogP contribution >= 0.6 is 0 Å². The van der Waals surface area contributed by atoms with Crippen molar-refractivity contribution < 1.29 is 18.7 Å². The number of ether oxygens (including phenoxy) is 2. The summed E-state index contributed by atoms with van der Waals surface area (Å²) < 4.78 is 23.7. The van der Waals surface area contributed by atoms with Crippen LogP contribution in [0.2, 0.25) is 0 Å². The minimum Gasteiger partial charge on any atom is -0.494 e. The second kappa shape index (κ2) is 7.01. The van der Waals surface area contributed by atoms with Crippen molar-refractivity contribution >= 4 is 5.78 Å². The summed E-state index contributed by atoms with van der Waals surface area (Å²) in [5.74, 6) is -0.710. The second-order valence-electron chi connectivity index (χ2n) is 3.55. The number of carbonyl (C=O) groups excluding carboxylic acids is 1. The standard InChI is InChI=1S/C13H17FO3/c1-3-17-9-5-7-11(15)10-6-4-8-12(16-2)13(10)14/h4,6,8H,3,5,7,9H2,1-2H3. The van der Waals surface area contributed by atoms with Gasteiger partial charge in [0.2, 0.25) is 0 Å². The molecule has 0 aliphatic heterocycles. The first-order valence-electron chi connectivity index (χ1n) is 5.64. The molecule has 17 heavy (non-hydrogen) atoms. The van der Waals surface area contributed by atoms with E-state index in [1.54, 1.807) is 6.07 Å². The van der Waals surface area contributed by atoms with Crippen LogP contribution < -0.4 is 4.74 Å². The number of Topliss-reactive ketones (excluding diaryl/α,β-unsaturated/α-hetero) is 1. The molecule has 0 amide bonds. The van der Waals surface area contributed by atoms with Gasteiger partial charge in [-0.2, -0.15) is 0 Å². The number of methoxy groups -OCH3 is 1. The molecule has 0 fully saturated rings. The molecule has 3 nitrogen and oxygen atoms in total. The smallest absolute Gasteiger partial charge is 0.175 e. The van der Waals surface area contributed by atoms with Crippen molar-refractivity contribution in [2.45, 2.75) is 19.8 Å². The molecule has 1 aromatic rings. The molecule has 0 heterocycles. The molecule has 0 unspecified atom stereocenters. The molecule has 0 bridgehead atoms. The fourth-order valence-corrected chi connectivity index (χ4v) is 1.50. The summed E-state index contributed by atoms with van der Waals surface area (Å²) in [6, 6.07) is 4.57. The zero-order valence-electron chi connectivity index (χ0n) is 10.2. The summed E-state index contributed by atoms with van der Waals surface area (Å²) in [6.07, 6.45) is 0.882. The maximum absolute atomic E-state index is 13.7. The van der Waals surface area contributed by atoms with E-state index in [-0.39, 0.29) is 23.5 Å². The Kier molecular flexibility index (Phi) is 5.63. The molecule has 4 heteroatoms. The third kappa shape index (κ3) is 3.82. The minimum absolute atomic E-state index is 0.0841. The average molecular weight is 240 g/mol. The van der Waals surface area contributed by atoms with Crippen molar-refractivity contribution in [3.63, 3.8) is 0 Å². The molecule has 94 valence electrons. The summed E-state index contributed by atoms with van der Waals surface area (Å²) in [7, 11) is 1.38. The summed E-state index contributed by atoms with van der Waals surface area (Å²) in [5.41, 5.74) is 0.0841. The Morgan fingerprint density at radius 1 is 1.41 bits per heavy atom. The lowest BCUT2D eigenvalue weighted by Crippen LogP contribution is -2.05. The quantitative estimate of drug-likeness (QED) is 0.543. The van der Waals surface area contributed by atoms with E-state index in [9.17, 15) is 9.18 Å². The van der Waals surface area contributed by atoms with Crippen LogP contribution in [0, 0.1) is 5.82 Å². The molecule has 1 aromatic carbocycles. The second-order valence-corrected chi connectivity index (χ2v) is 3.55. The molecule has 0 N–H and O–H groups in total. The maximum atomic E-state index is 13.7. The molecular formula is C13H17FO3. The fraction of sp³-hybridized carbons (Fsp3) is 0.462. The van der Waals surface area contributed by atoms with Crippen LogP contribution in [0.5, 0.6) is 5.75 Å². The molecule has 0 saturated carbocycles. The van der Waals surface area contributed by atoms with Crippen LogP contribution in [0.15, 0.2) is 18.2 Å². The molecule has 0 radical (unpaired) electrons. The van der Waals surface area contributed by atoms with Gasteiger partial charge in [-0.3, -0.25) is 4.79 Å². The van der Waals surface area contributed by atoms with Gasteiger partial charge in [-0.15, -0.1) is 0 Å². The highest BCUT2D eigenvalue weighted by atomic mass is 19.1. The van der Waals surface area contributed by atoms with Gasteiger partial charge in [-0.1, -0.05) is 6.07 Å². The number of benzene rings is 1. The molecular weight excluding hydrogens is 223 g/mol. The number of rotatable bonds is 7. The maximum Gasteiger partial charge on any atom is 0.175 e. The molecule has 0 aliphatic rings. The van der Waals surface area contributed by atoms with Gasteiger partial charge in [0.25, 0.3) is 0 Å². The van der Waals surface area contributed by atoms with Crippen molar-refractivity contribution in [3.8, 4) is 5.75 Å². The number of ketones is 1. The van der Waals surface area contributed by atoms with Gasteiger partial charge in [0.15, 0.2) is 17.3 Å². The van der Waals surface area contributed by atoms with Crippen LogP contribution in [0.3, 0.4) is 0 Å². The number of carbonyl (C=O) groups is 1. The first-order valence-corrected chi connectivity index (χ1v) is 5.64. The van der Waals surface area contributed by atoms with E-state index in [1.807, 2.05) is 6.92 Å². The Morgan fingerprint density at radius 2 is 2.18 bits per heavy atom. The van der Waals surface area contributed by atoms with Gasteiger partial charge in [0, 0.05) is 19.6 Å². The zero-order chi connectivity index (χ0) is 12.7. The zero-order valence-corrected chi connectivity index (χ0v) is 10.2. The lowest BCUT2D eigenvalue weighted by Gasteiger charge is -2.06. The van der Waals surface area contributed by atoms with E-state index in [4.69, 9.17) is 9.47 Å². The Hall–Kier alpha value is -1.42. The van der Waals surface area contributed by atoms with E-state index in [0.29, 0.717) is 19.6 Å². The van der Waals surface area contributed by atoms with Crippen LogP contribution in [-0.2, 0) is 4.74 Å². The molecule has 0 aliphatic carbocycles. The topological polar surface area (TPSA) is 35.5 Å². The molecule has 0 aromatic heterocycles. The van der Waals surface area contributed by atoms with Crippen LogP contribution in [-0.4, -0.2) is 26.1 Å². The van der Waals surface area contributed by atoms with Gasteiger partial charge >= 0.3 is 0 Å². The summed E-state index contributed by atoms with van der Waals surface area (Å²) >= 11 is 0. The van der Waals surface area contributed by atoms with Crippen molar-refractivity contribution in [3.05, 3.63) is 29.6 Å². The normalized spacial score (nSPS) is 10.3. The molecule has 1 rings (SSSR count). The average Bonchev–Trinajstić information content (AvgIpc) is 2.34. The van der Waals surface area contributed by atoms with E-state index < -0.39 is 5.82 Å². The van der Waals surface area contributed by atoms with Gasteiger partial charge in [-0.05, 0) is 25.5 Å². The first-order chi connectivity index (χ1) is 8.20. The highest BCUT2D eigenvalue weighted by Crippen LogP contribution is 2.21. The lowest BCUT2D eigenvalue weighted by atomic mass is 10.1. The highest BCUT2D eigenvalue weighted by Gasteiger charge is 2.14. The van der Waals surface area contributed by atoms with Gasteiger partial charge in [0.05, 0.1) is 12.7 Å². The van der Waals surface area contributed by atoms with Gasteiger partial charge in [0.1, 0.15) is 0 Å². The first kappa shape index (κ1) is 13.6. The molecule has 0 saturated heterocycles.